The Bertz CT molecular complexity index is 647. The lowest BCUT2D eigenvalue weighted by Crippen LogP contribution is -2.07. The van der Waals surface area contributed by atoms with Crippen molar-refractivity contribution < 1.29 is 4.74 Å². The molecule has 1 heterocycles. The molecule has 0 unspecified atom stereocenters. The normalized spacial score (nSPS) is 10.9. The van der Waals surface area contributed by atoms with Crippen molar-refractivity contribution in [1.29, 1.82) is 0 Å². The number of nitrogens with zero attached hydrogens (tertiary/aromatic N) is 2. The fraction of sp³-hybridized carbons (Fsp3) is 0.286. The maximum Gasteiger partial charge on any atom is 0.167 e. The second-order valence-electron chi connectivity index (χ2n) is 4.60. The minimum Gasteiger partial charge on any atom is -0.496 e. The number of nitrogens with two attached hydrogens (primary N) is 1. The summed E-state index contributed by atoms with van der Waals surface area (Å²) in [6.45, 7) is 4.13. The maximum atomic E-state index is 6.26. The Hall–Kier alpha value is -1.08. The molecule has 0 aliphatic heterocycles. The number of rotatable bonds is 3. The number of nitrogen functional groups attached to an aromatic ring is 1. The number of halogens is 2. The SMILES string of the molecule is COc1cccc(Cl)c1-c1nc(N)c(I)c(C(C)C)n1. The Kier molecular flexibility index (Phi) is 4.70. The maximum absolute atomic E-state index is 6.26. The minimum absolute atomic E-state index is 0.249. The molecule has 0 bridgehead atoms. The van der Waals surface area contributed by atoms with E-state index in [2.05, 4.69) is 46.4 Å². The summed E-state index contributed by atoms with van der Waals surface area (Å²) < 4.78 is 6.23. The molecule has 0 atom stereocenters. The van der Waals surface area contributed by atoms with Gasteiger partial charge in [-0.1, -0.05) is 31.5 Å². The molecule has 0 radical (unpaired) electrons. The highest BCUT2D eigenvalue weighted by Gasteiger charge is 2.18. The van der Waals surface area contributed by atoms with Gasteiger partial charge < -0.3 is 10.5 Å². The molecule has 0 saturated heterocycles. The molecule has 20 heavy (non-hydrogen) atoms. The minimum atomic E-state index is 0.249. The topological polar surface area (TPSA) is 61.0 Å². The van der Waals surface area contributed by atoms with Crippen LogP contribution in [0.25, 0.3) is 11.4 Å². The largest absolute Gasteiger partial charge is 0.496 e. The van der Waals surface area contributed by atoms with Crippen LogP contribution in [0, 0.1) is 3.57 Å². The molecule has 106 valence electrons. The lowest BCUT2D eigenvalue weighted by Gasteiger charge is -2.14. The number of benzene rings is 1. The average molecular weight is 404 g/mol. The van der Waals surface area contributed by atoms with Gasteiger partial charge in [0.2, 0.25) is 0 Å². The van der Waals surface area contributed by atoms with Crippen LogP contribution in [0.1, 0.15) is 25.5 Å². The summed E-state index contributed by atoms with van der Waals surface area (Å²) in [6, 6.07) is 5.43. The quantitative estimate of drug-likeness (QED) is 0.783. The summed E-state index contributed by atoms with van der Waals surface area (Å²) in [5.74, 6) is 1.84. The second-order valence-corrected chi connectivity index (χ2v) is 6.09. The van der Waals surface area contributed by atoms with Gasteiger partial charge in [0.1, 0.15) is 11.6 Å². The van der Waals surface area contributed by atoms with E-state index in [0.29, 0.717) is 28.0 Å². The standard InChI is InChI=1S/C14H15ClIN3O/c1-7(2)12-11(16)13(17)19-14(18-12)10-8(15)5-4-6-9(10)20-3/h4-7H,1-3H3,(H2,17,18,19). The first kappa shape index (κ1) is 15.3. The first-order valence-corrected chi connectivity index (χ1v) is 7.57. The zero-order valence-electron chi connectivity index (χ0n) is 11.4. The van der Waals surface area contributed by atoms with Crippen molar-refractivity contribution in [2.24, 2.45) is 0 Å². The molecule has 6 heteroatoms. The van der Waals surface area contributed by atoms with Gasteiger partial charge in [-0.25, -0.2) is 9.97 Å². The van der Waals surface area contributed by atoms with Crippen molar-refractivity contribution in [3.8, 4) is 17.1 Å². The first-order chi connectivity index (χ1) is 9.45. The molecular weight excluding hydrogens is 389 g/mol. The van der Waals surface area contributed by atoms with E-state index in [1.54, 1.807) is 13.2 Å². The fourth-order valence-corrected chi connectivity index (χ4v) is 2.98. The van der Waals surface area contributed by atoms with Crippen LogP contribution in [-0.2, 0) is 0 Å². The van der Waals surface area contributed by atoms with Crippen LogP contribution in [0.3, 0.4) is 0 Å². The Morgan fingerprint density at radius 2 is 2.00 bits per heavy atom. The Balaban J connectivity index is 2.71. The molecule has 2 rings (SSSR count). The smallest absolute Gasteiger partial charge is 0.167 e. The van der Waals surface area contributed by atoms with E-state index in [4.69, 9.17) is 22.1 Å². The van der Waals surface area contributed by atoms with Crippen molar-refractivity contribution in [3.63, 3.8) is 0 Å². The van der Waals surface area contributed by atoms with Crippen LogP contribution in [0.2, 0.25) is 5.02 Å². The predicted octanol–water partition coefficient (Wildman–Crippen LogP) is 4.12. The van der Waals surface area contributed by atoms with Crippen molar-refractivity contribution in [3.05, 3.63) is 32.5 Å². The number of hydrogen-bond donors (Lipinski definition) is 1. The van der Waals surface area contributed by atoms with Gasteiger partial charge in [0, 0.05) is 0 Å². The van der Waals surface area contributed by atoms with E-state index in [9.17, 15) is 0 Å². The molecule has 1 aromatic carbocycles. The molecule has 4 nitrogen and oxygen atoms in total. The number of methoxy groups -OCH3 is 1. The fourth-order valence-electron chi connectivity index (χ4n) is 1.87. The van der Waals surface area contributed by atoms with Gasteiger partial charge >= 0.3 is 0 Å². The summed E-state index contributed by atoms with van der Waals surface area (Å²) >= 11 is 8.43. The number of ether oxygens (including phenoxy) is 1. The molecule has 2 N–H and O–H groups in total. The molecule has 2 aromatic rings. The summed E-state index contributed by atoms with van der Waals surface area (Å²) in [5, 5.41) is 0.541. The molecule has 0 aliphatic carbocycles. The van der Waals surface area contributed by atoms with E-state index in [1.807, 2.05) is 12.1 Å². The zero-order chi connectivity index (χ0) is 14.9. The van der Waals surface area contributed by atoms with Crippen molar-refractivity contribution >= 4 is 40.0 Å². The van der Waals surface area contributed by atoms with Crippen molar-refractivity contribution in [1.82, 2.24) is 9.97 Å². The first-order valence-electron chi connectivity index (χ1n) is 6.11. The van der Waals surface area contributed by atoms with Crippen LogP contribution in [0.5, 0.6) is 5.75 Å². The second kappa shape index (κ2) is 6.13. The van der Waals surface area contributed by atoms with Crippen LogP contribution in [0.4, 0.5) is 5.82 Å². The van der Waals surface area contributed by atoms with E-state index < -0.39 is 0 Å². The summed E-state index contributed by atoms with van der Waals surface area (Å²) in [7, 11) is 1.59. The van der Waals surface area contributed by atoms with E-state index in [-0.39, 0.29) is 5.92 Å². The highest BCUT2D eigenvalue weighted by atomic mass is 127. The van der Waals surface area contributed by atoms with Crippen molar-refractivity contribution in [2.75, 3.05) is 12.8 Å². The third-order valence-electron chi connectivity index (χ3n) is 2.87. The Morgan fingerprint density at radius 3 is 2.60 bits per heavy atom. The van der Waals surface area contributed by atoms with Gasteiger partial charge in [-0.2, -0.15) is 0 Å². The van der Waals surface area contributed by atoms with Crippen LogP contribution >= 0.6 is 34.2 Å². The summed E-state index contributed by atoms with van der Waals surface area (Å²) in [4.78, 5) is 8.96. The molecule has 0 amide bonds. The van der Waals surface area contributed by atoms with E-state index in [1.165, 1.54) is 0 Å². The van der Waals surface area contributed by atoms with Gasteiger partial charge in [0.05, 0.1) is 27.0 Å². The van der Waals surface area contributed by atoms with Gasteiger partial charge in [-0.15, -0.1) is 0 Å². The molecule has 0 saturated carbocycles. The highest BCUT2D eigenvalue weighted by molar-refractivity contribution is 14.1. The van der Waals surface area contributed by atoms with Crippen molar-refractivity contribution in [2.45, 2.75) is 19.8 Å². The molecule has 0 fully saturated rings. The summed E-state index contributed by atoms with van der Waals surface area (Å²) in [5.41, 5.74) is 7.58. The van der Waals surface area contributed by atoms with Crippen LogP contribution in [0.15, 0.2) is 18.2 Å². The predicted molar refractivity (Wildman–Crippen MR) is 90.2 cm³/mol. The van der Waals surface area contributed by atoms with E-state index >= 15 is 0 Å². The number of aromatic nitrogens is 2. The third-order valence-corrected chi connectivity index (χ3v) is 4.29. The van der Waals surface area contributed by atoms with Gasteiger partial charge in [0.15, 0.2) is 5.82 Å². The highest BCUT2D eigenvalue weighted by Crippen LogP contribution is 2.36. The molecular formula is C14H15ClIN3O. The summed E-state index contributed by atoms with van der Waals surface area (Å²) in [6.07, 6.45) is 0. The van der Waals surface area contributed by atoms with E-state index in [0.717, 1.165) is 9.26 Å². The lowest BCUT2D eigenvalue weighted by atomic mass is 10.1. The van der Waals surface area contributed by atoms with Gasteiger partial charge in [0.25, 0.3) is 0 Å². The van der Waals surface area contributed by atoms with Crippen LogP contribution < -0.4 is 10.5 Å². The Labute approximate surface area is 136 Å². The lowest BCUT2D eigenvalue weighted by molar-refractivity contribution is 0.416. The van der Waals surface area contributed by atoms with Crippen LogP contribution in [-0.4, -0.2) is 17.1 Å². The number of anilines is 1. The zero-order valence-corrected chi connectivity index (χ0v) is 14.4. The molecule has 1 aromatic heterocycles. The molecule has 0 aliphatic rings. The Morgan fingerprint density at radius 1 is 1.30 bits per heavy atom. The van der Waals surface area contributed by atoms with Gasteiger partial charge in [-0.05, 0) is 40.6 Å². The molecule has 0 spiro atoms. The number of hydrogen-bond acceptors (Lipinski definition) is 4. The third kappa shape index (κ3) is 2.83. The monoisotopic (exact) mass is 403 g/mol. The van der Waals surface area contributed by atoms with Gasteiger partial charge in [-0.3, -0.25) is 0 Å². The average Bonchev–Trinajstić information content (AvgIpc) is 2.41.